The van der Waals surface area contributed by atoms with E-state index in [4.69, 9.17) is 11.6 Å². The second-order valence-electron chi connectivity index (χ2n) is 6.83. The smallest absolute Gasteiger partial charge is 0.269 e. The molecule has 10 heteroatoms. The number of carbonyl (C=O) groups is 2. The average Bonchev–Trinajstić information content (AvgIpc) is 3.16. The van der Waals surface area contributed by atoms with Crippen LogP contribution in [0, 0.1) is 17.0 Å². The van der Waals surface area contributed by atoms with Crippen LogP contribution in [0.3, 0.4) is 0 Å². The third-order valence-electron chi connectivity index (χ3n) is 4.78. The van der Waals surface area contributed by atoms with Crippen molar-refractivity contribution >= 4 is 40.6 Å². The standard InChI is InChI=1S/C20H16ClN5O4/c1-11-18(12-3-2-4-13(21)9-12)19-23-20(28)16(25(19)24-11)10-17(27)22-14-5-7-15(8-6-14)26(29)30/h2-9,16H,10H2,1H3,(H,22,27)(H,23,28). The van der Waals surface area contributed by atoms with E-state index in [1.807, 2.05) is 19.1 Å². The lowest BCUT2D eigenvalue weighted by Gasteiger charge is -2.10. The number of hydrogen-bond acceptors (Lipinski definition) is 5. The van der Waals surface area contributed by atoms with Crippen molar-refractivity contribution in [3.05, 3.63) is 69.4 Å². The fourth-order valence-corrected chi connectivity index (χ4v) is 3.62. The van der Waals surface area contributed by atoms with Crippen LogP contribution in [-0.2, 0) is 9.59 Å². The molecule has 0 saturated carbocycles. The van der Waals surface area contributed by atoms with Gasteiger partial charge in [-0.25, -0.2) is 4.68 Å². The second kappa shape index (κ2) is 7.60. The van der Waals surface area contributed by atoms with Crippen LogP contribution in [0.4, 0.5) is 17.2 Å². The van der Waals surface area contributed by atoms with E-state index in [0.717, 1.165) is 11.1 Å². The summed E-state index contributed by atoms with van der Waals surface area (Å²) in [5.41, 5.74) is 2.60. The number of non-ortho nitro benzene ring substituents is 1. The molecule has 2 amide bonds. The SMILES string of the molecule is Cc1nn2c(c1-c1cccc(Cl)c1)NC(=O)C2CC(=O)Nc1ccc([N+](=O)[O-])cc1. The molecule has 30 heavy (non-hydrogen) atoms. The van der Waals surface area contributed by atoms with Gasteiger partial charge in [0.05, 0.1) is 17.0 Å². The van der Waals surface area contributed by atoms with Gasteiger partial charge in [-0.2, -0.15) is 5.10 Å². The Hall–Kier alpha value is -3.72. The van der Waals surface area contributed by atoms with Crippen molar-refractivity contribution in [1.82, 2.24) is 9.78 Å². The van der Waals surface area contributed by atoms with E-state index in [1.54, 1.807) is 12.1 Å². The lowest BCUT2D eigenvalue weighted by atomic mass is 10.1. The zero-order chi connectivity index (χ0) is 21.4. The summed E-state index contributed by atoms with van der Waals surface area (Å²) in [4.78, 5) is 35.2. The van der Waals surface area contributed by atoms with Crippen molar-refractivity contribution in [3.8, 4) is 11.1 Å². The molecule has 1 atom stereocenters. The zero-order valence-electron chi connectivity index (χ0n) is 15.8. The molecule has 2 heterocycles. The van der Waals surface area contributed by atoms with Gasteiger partial charge in [0.15, 0.2) is 0 Å². The number of fused-ring (bicyclic) bond motifs is 1. The number of nitrogens with one attached hydrogen (secondary N) is 2. The first kappa shape index (κ1) is 19.6. The number of nitrogens with zero attached hydrogens (tertiary/aromatic N) is 3. The van der Waals surface area contributed by atoms with E-state index in [1.165, 1.54) is 28.9 Å². The Labute approximate surface area is 175 Å². The topological polar surface area (TPSA) is 119 Å². The molecule has 4 rings (SSSR count). The van der Waals surface area contributed by atoms with Gasteiger partial charge in [0.1, 0.15) is 11.9 Å². The van der Waals surface area contributed by atoms with E-state index in [-0.39, 0.29) is 18.0 Å². The Morgan fingerprint density at radius 2 is 2.03 bits per heavy atom. The van der Waals surface area contributed by atoms with Crippen molar-refractivity contribution < 1.29 is 14.5 Å². The Kier molecular flexibility index (Phi) is 4.96. The van der Waals surface area contributed by atoms with E-state index < -0.39 is 16.9 Å². The number of carbonyl (C=O) groups excluding carboxylic acids is 2. The highest BCUT2D eigenvalue weighted by Crippen LogP contribution is 2.38. The summed E-state index contributed by atoms with van der Waals surface area (Å²) in [7, 11) is 0. The minimum atomic E-state index is -0.801. The van der Waals surface area contributed by atoms with Gasteiger partial charge < -0.3 is 10.6 Å². The maximum Gasteiger partial charge on any atom is 0.269 e. The third-order valence-corrected chi connectivity index (χ3v) is 5.01. The van der Waals surface area contributed by atoms with E-state index in [0.29, 0.717) is 22.2 Å². The molecule has 152 valence electrons. The van der Waals surface area contributed by atoms with Crippen LogP contribution in [0.5, 0.6) is 0 Å². The summed E-state index contributed by atoms with van der Waals surface area (Å²) >= 11 is 6.09. The largest absolute Gasteiger partial charge is 0.326 e. The summed E-state index contributed by atoms with van der Waals surface area (Å²) in [5.74, 6) is -0.221. The monoisotopic (exact) mass is 425 g/mol. The van der Waals surface area contributed by atoms with Crippen LogP contribution in [-0.4, -0.2) is 26.5 Å². The van der Waals surface area contributed by atoms with Crippen molar-refractivity contribution in [2.75, 3.05) is 10.6 Å². The first-order valence-electron chi connectivity index (χ1n) is 9.03. The number of amides is 2. The van der Waals surface area contributed by atoms with Gasteiger partial charge in [0.25, 0.3) is 11.6 Å². The normalized spacial score (nSPS) is 14.9. The molecule has 0 bridgehead atoms. The van der Waals surface area contributed by atoms with Crippen LogP contribution in [0.25, 0.3) is 11.1 Å². The molecule has 3 aromatic rings. The molecule has 0 radical (unpaired) electrons. The molecular formula is C20H16ClN5O4. The Morgan fingerprint density at radius 1 is 1.30 bits per heavy atom. The van der Waals surface area contributed by atoms with Crippen LogP contribution < -0.4 is 10.6 Å². The number of benzene rings is 2. The first-order valence-corrected chi connectivity index (χ1v) is 9.41. The average molecular weight is 426 g/mol. The van der Waals surface area contributed by atoms with Crippen molar-refractivity contribution in [3.63, 3.8) is 0 Å². The summed E-state index contributed by atoms with van der Waals surface area (Å²) in [5, 5.41) is 21.2. The number of nitro groups is 1. The molecule has 1 aliphatic heterocycles. The minimum Gasteiger partial charge on any atom is -0.326 e. The van der Waals surface area contributed by atoms with Gasteiger partial charge in [-0.1, -0.05) is 23.7 Å². The molecule has 1 aromatic heterocycles. The fourth-order valence-electron chi connectivity index (χ4n) is 3.43. The van der Waals surface area contributed by atoms with Crippen LogP contribution >= 0.6 is 11.6 Å². The number of rotatable bonds is 5. The lowest BCUT2D eigenvalue weighted by Crippen LogP contribution is -2.23. The summed E-state index contributed by atoms with van der Waals surface area (Å²) < 4.78 is 1.52. The number of hydrogen-bond donors (Lipinski definition) is 2. The molecule has 0 spiro atoms. The van der Waals surface area contributed by atoms with Gasteiger partial charge in [0.2, 0.25) is 5.91 Å². The Balaban J connectivity index is 1.54. The number of anilines is 2. The maximum atomic E-state index is 12.5. The summed E-state index contributed by atoms with van der Waals surface area (Å²) in [6, 6.07) is 11.9. The van der Waals surface area contributed by atoms with E-state index >= 15 is 0 Å². The number of aryl methyl sites for hydroxylation is 1. The quantitative estimate of drug-likeness (QED) is 0.474. The molecule has 0 aliphatic carbocycles. The van der Waals surface area contributed by atoms with Crippen molar-refractivity contribution in [2.24, 2.45) is 0 Å². The summed E-state index contributed by atoms with van der Waals surface area (Å²) in [6.07, 6.45) is -0.133. The minimum absolute atomic E-state index is 0.0756. The Morgan fingerprint density at radius 3 is 2.70 bits per heavy atom. The molecule has 1 unspecified atom stereocenters. The molecule has 1 aliphatic rings. The fraction of sp³-hybridized carbons (Fsp3) is 0.150. The number of nitro benzene ring substituents is 1. The highest BCUT2D eigenvalue weighted by molar-refractivity contribution is 6.30. The molecule has 2 aromatic carbocycles. The van der Waals surface area contributed by atoms with Crippen LogP contribution in [0.15, 0.2) is 48.5 Å². The molecule has 2 N–H and O–H groups in total. The van der Waals surface area contributed by atoms with Crippen LogP contribution in [0.2, 0.25) is 5.02 Å². The van der Waals surface area contributed by atoms with Gasteiger partial charge >= 0.3 is 0 Å². The van der Waals surface area contributed by atoms with Crippen molar-refractivity contribution in [2.45, 2.75) is 19.4 Å². The molecular weight excluding hydrogens is 410 g/mol. The van der Waals surface area contributed by atoms with Gasteiger partial charge in [0, 0.05) is 28.4 Å². The highest BCUT2D eigenvalue weighted by Gasteiger charge is 2.36. The highest BCUT2D eigenvalue weighted by atomic mass is 35.5. The number of halogens is 1. The molecule has 0 fully saturated rings. The molecule has 0 saturated heterocycles. The Bertz CT molecular complexity index is 1170. The molecule has 9 nitrogen and oxygen atoms in total. The van der Waals surface area contributed by atoms with Gasteiger partial charge in [-0.05, 0) is 36.8 Å². The van der Waals surface area contributed by atoms with Crippen LogP contribution in [0.1, 0.15) is 18.2 Å². The van der Waals surface area contributed by atoms with Gasteiger partial charge in [-0.3, -0.25) is 19.7 Å². The van der Waals surface area contributed by atoms with Gasteiger partial charge in [-0.15, -0.1) is 0 Å². The first-order chi connectivity index (χ1) is 14.3. The third kappa shape index (κ3) is 3.62. The lowest BCUT2D eigenvalue weighted by molar-refractivity contribution is -0.384. The predicted molar refractivity (Wildman–Crippen MR) is 111 cm³/mol. The number of aromatic nitrogens is 2. The van der Waals surface area contributed by atoms with Crippen molar-refractivity contribution in [1.29, 1.82) is 0 Å². The van der Waals surface area contributed by atoms with E-state index in [2.05, 4.69) is 15.7 Å². The zero-order valence-corrected chi connectivity index (χ0v) is 16.5. The summed E-state index contributed by atoms with van der Waals surface area (Å²) in [6.45, 7) is 1.82. The maximum absolute atomic E-state index is 12.5. The van der Waals surface area contributed by atoms with E-state index in [9.17, 15) is 19.7 Å². The second-order valence-corrected chi connectivity index (χ2v) is 7.26. The predicted octanol–water partition coefficient (Wildman–Crippen LogP) is 3.94.